The van der Waals surface area contributed by atoms with Crippen molar-refractivity contribution in [2.45, 2.75) is 17.2 Å². The number of rotatable bonds is 3. The number of hydrogen-bond donors (Lipinski definition) is 1. The summed E-state index contributed by atoms with van der Waals surface area (Å²) < 4.78 is 17.0. The van der Waals surface area contributed by atoms with Crippen molar-refractivity contribution in [1.82, 2.24) is 0 Å². The van der Waals surface area contributed by atoms with Crippen LogP contribution in [-0.2, 0) is 15.6 Å². The molecule has 3 rings (SSSR count). The van der Waals surface area contributed by atoms with Crippen LogP contribution in [0.15, 0.2) is 53.4 Å². The number of hydrogen-bond acceptors (Lipinski definition) is 3. The van der Waals surface area contributed by atoms with Crippen molar-refractivity contribution in [1.29, 1.82) is 0 Å². The van der Waals surface area contributed by atoms with Crippen molar-refractivity contribution < 1.29 is 13.7 Å². The van der Waals surface area contributed by atoms with E-state index in [1.165, 1.54) is 0 Å². The first-order valence-corrected chi connectivity index (χ1v) is 8.67. The fourth-order valence-corrected chi connectivity index (χ4v) is 3.09. The van der Waals surface area contributed by atoms with Gasteiger partial charge in [0.2, 0.25) is 5.91 Å². The van der Waals surface area contributed by atoms with Gasteiger partial charge in [0.1, 0.15) is 5.75 Å². The molecule has 1 aliphatic heterocycles. The smallest absolute Gasteiger partial charge is 0.232 e. The molecule has 0 unspecified atom stereocenters. The van der Waals surface area contributed by atoms with E-state index >= 15 is 0 Å². The summed E-state index contributed by atoms with van der Waals surface area (Å²) in [6, 6.07) is 14.7. The second-order valence-electron chi connectivity index (χ2n) is 5.20. The van der Waals surface area contributed by atoms with Gasteiger partial charge in [-0.05, 0) is 36.8 Å². The number of para-hydroxylation sites is 1. The summed E-state index contributed by atoms with van der Waals surface area (Å²) in [7, 11) is -1.01. The highest BCUT2D eigenvalue weighted by Crippen LogP contribution is 2.34. The van der Waals surface area contributed by atoms with Crippen LogP contribution in [0.5, 0.6) is 5.75 Å². The zero-order valence-corrected chi connectivity index (χ0v) is 13.1. The van der Waals surface area contributed by atoms with Crippen molar-refractivity contribution in [3.63, 3.8) is 0 Å². The van der Waals surface area contributed by atoms with Gasteiger partial charge in [-0.3, -0.25) is 9.00 Å². The Morgan fingerprint density at radius 3 is 2.64 bits per heavy atom. The van der Waals surface area contributed by atoms with E-state index in [0.717, 1.165) is 16.2 Å². The molecule has 0 radical (unpaired) electrons. The van der Waals surface area contributed by atoms with Crippen LogP contribution >= 0.6 is 0 Å². The quantitative estimate of drug-likeness (QED) is 0.947. The maximum atomic E-state index is 12.5. The third-order valence-corrected chi connectivity index (χ3v) is 4.66. The first-order chi connectivity index (χ1) is 10.6. The van der Waals surface area contributed by atoms with Gasteiger partial charge in [0.05, 0.1) is 12.5 Å². The number of nitrogens with one attached hydrogen (secondary N) is 1. The Bertz CT molecular complexity index is 712. The molecule has 2 aromatic carbocycles. The first kappa shape index (κ1) is 14.8. The minimum atomic E-state index is -1.01. The zero-order chi connectivity index (χ0) is 15.5. The number of ether oxygens (including phenoxy) is 1. The Morgan fingerprint density at radius 2 is 1.91 bits per heavy atom. The number of amides is 1. The molecule has 1 aliphatic rings. The Kier molecular flexibility index (Phi) is 4.24. The molecule has 0 aliphatic carbocycles. The molecule has 0 saturated carbocycles. The highest BCUT2D eigenvalue weighted by atomic mass is 32.2. The highest BCUT2D eigenvalue weighted by Gasteiger charge is 2.27. The molecule has 22 heavy (non-hydrogen) atoms. The van der Waals surface area contributed by atoms with E-state index in [4.69, 9.17) is 4.74 Å². The van der Waals surface area contributed by atoms with Crippen molar-refractivity contribution in [3.8, 4) is 5.75 Å². The summed E-state index contributed by atoms with van der Waals surface area (Å²) in [6.07, 6.45) is 2.30. The van der Waals surface area contributed by atoms with E-state index < -0.39 is 10.8 Å². The lowest BCUT2D eigenvalue weighted by Crippen LogP contribution is -2.26. The maximum absolute atomic E-state index is 12.5. The Labute approximate surface area is 132 Å². The molecule has 0 spiro atoms. The van der Waals surface area contributed by atoms with E-state index in [2.05, 4.69) is 5.32 Å². The molecular weight excluding hydrogens is 298 g/mol. The summed E-state index contributed by atoms with van der Waals surface area (Å²) in [5.74, 6) is 0.539. The molecule has 1 heterocycles. The summed E-state index contributed by atoms with van der Waals surface area (Å²) in [4.78, 5) is 13.3. The number of fused-ring (bicyclic) bond motifs is 1. The van der Waals surface area contributed by atoms with E-state index in [-0.39, 0.29) is 11.8 Å². The van der Waals surface area contributed by atoms with Gasteiger partial charge in [0, 0.05) is 33.2 Å². The van der Waals surface area contributed by atoms with Crippen molar-refractivity contribution in [2.24, 2.45) is 0 Å². The molecule has 1 amide bonds. The van der Waals surface area contributed by atoms with Crippen molar-refractivity contribution in [3.05, 3.63) is 54.1 Å². The molecule has 5 heteroatoms. The van der Waals surface area contributed by atoms with Crippen LogP contribution < -0.4 is 10.1 Å². The molecule has 0 bridgehead atoms. The van der Waals surface area contributed by atoms with Gasteiger partial charge >= 0.3 is 0 Å². The lowest BCUT2D eigenvalue weighted by atomic mass is 9.92. The molecule has 4 nitrogen and oxygen atoms in total. The Hall–Kier alpha value is -2.14. The van der Waals surface area contributed by atoms with E-state index in [0.29, 0.717) is 18.7 Å². The third-order valence-electron chi connectivity index (χ3n) is 3.73. The van der Waals surface area contributed by atoms with Gasteiger partial charge in [-0.15, -0.1) is 0 Å². The van der Waals surface area contributed by atoms with Gasteiger partial charge in [-0.2, -0.15) is 0 Å². The normalized spacial score (nSPS) is 18.0. The lowest BCUT2D eigenvalue weighted by molar-refractivity contribution is -0.118. The minimum absolute atomic E-state index is 0.0406. The monoisotopic (exact) mass is 315 g/mol. The first-order valence-electron chi connectivity index (χ1n) is 7.11. The fourth-order valence-electron chi connectivity index (χ4n) is 2.57. The van der Waals surface area contributed by atoms with Gasteiger partial charge in [-0.25, -0.2) is 0 Å². The average molecular weight is 315 g/mol. The molecule has 114 valence electrons. The summed E-state index contributed by atoms with van der Waals surface area (Å²) in [5.41, 5.74) is 1.64. The molecule has 1 N–H and O–H groups in total. The van der Waals surface area contributed by atoms with Gasteiger partial charge in [-0.1, -0.05) is 18.2 Å². The van der Waals surface area contributed by atoms with E-state index in [9.17, 15) is 9.00 Å². The standard InChI is InChI=1S/C17H17NO3S/c1-22(20)13-8-6-12(7-9-13)18-17(19)15-10-11-21-16-5-3-2-4-14(15)16/h2-9,15H,10-11H2,1H3,(H,18,19)/t15-,22-/m1/s1. The number of anilines is 1. The van der Waals surface area contributed by atoms with Gasteiger partial charge in [0.25, 0.3) is 0 Å². The van der Waals surface area contributed by atoms with Crippen LogP contribution in [0.25, 0.3) is 0 Å². The largest absolute Gasteiger partial charge is 0.493 e. The fraction of sp³-hybridized carbons (Fsp3) is 0.235. The minimum Gasteiger partial charge on any atom is -0.493 e. The Balaban J connectivity index is 1.76. The van der Waals surface area contributed by atoms with Crippen LogP contribution in [0.1, 0.15) is 17.9 Å². The van der Waals surface area contributed by atoms with Crippen molar-refractivity contribution in [2.75, 3.05) is 18.2 Å². The van der Waals surface area contributed by atoms with Gasteiger partial charge in [0.15, 0.2) is 0 Å². The van der Waals surface area contributed by atoms with Crippen LogP contribution in [0.4, 0.5) is 5.69 Å². The predicted molar refractivity (Wildman–Crippen MR) is 86.7 cm³/mol. The molecule has 2 atom stereocenters. The second-order valence-corrected chi connectivity index (χ2v) is 6.57. The van der Waals surface area contributed by atoms with E-state index in [1.807, 2.05) is 24.3 Å². The van der Waals surface area contributed by atoms with E-state index in [1.54, 1.807) is 30.5 Å². The van der Waals surface area contributed by atoms with Gasteiger partial charge < -0.3 is 10.1 Å². The van der Waals surface area contributed by atoms with Crippen LogP contribution in [0.3, 0.4) is 0 Å². The predicted octanol–water partition coefficient (Wildman–Crippen LogP) is 2.93. The van der Waals surface area contributed by atoms with Crippen LogP contribution in [-0.4, -0.2) is 23.0 Å². The molecule has 0 aromatic heterocycles. The number of carbonyl (C=O) groups excluding carboxylic acids is 1. The second kappa shape index (κ2) is 6.32. The molecule has 0 fully saturated rings. The maximum Gasteiger partial charge on any atom is 0.232 e. The highest BCUT2D eigenvalue weighted by molar-refractivity contribution is 7.84. The number of carbonyl (C=O) groups is 1. The molecule has 0 saturated heterocycles. The number of benzene rings is 2. The van der Waals surface area contributed by atoms with Crippen LogP contribution in [0, 0.1) is 0 Å². The lowest BCUT2D eigenvalue weighted by Gasteiger charge is -2.25. The molecular formula is C17H17NO3S. The molecule has 2 aromatic rings. The third kappa shape index (κ3) is 3.04. The summed E-state index contributed by atoms with van der Waals surface area (Å²) in [5, 5.41) is 2.93. The van der Waals surface area contributed by atoms with Crippen molar-refractivity contribution >= 4 is 22.4 Å². The van der Waals surface area contributed by atoms with Crippen LogP contribution in [0.2, 0.25) is 0 Å². The SMILES string of the molecule is C[S@@](=O)c1ccc(NC(=O)[C@@H]2CCOc3ccccc32)cc1. The zero-order valence-electron chi connectivity index (χ0n) is 12.2. The average Bonchev–Trinajstić information content (AvgIpc) is 2.54. The topological polar surface area (TPSA) is 55.4 Å². The summed E-state index contributed by atoms with van der Waals surface area (Å²) in [6.45, 7) is 0.544. The summed E-state index contributed by atoms with van der Waals surface area (Å²) >= 11 is 0. The Morgan fingerprint density at radius 1 is 1.18 bits per heavy atom.